The number of carbonyl (C=O) groups excluding carboxylic acids is 1. The van der Waals surface area contributed by atoms with E-state index in [9.17, 15) is 9.59 Å². The molecule has 0 aliphatic rings. The van der Waals surface area contributed by atoms with Gasteiger partial charge in [-0.15, -0.1) is 0 Å². The molecule has 1 unspecified atom stereocenters. The van der Waals surface area contributed by atoms with E-state index in [1.165, 1.54) is 22.9 Å². The number of aromatic nitrogens is 1. The minimum absolute atomic E-state index is 0.0211. The number of ketones is 1. The topological polar surface area (TPSA) is 62.9 Å². The van der Waals surface area contributed by atoms with Gasteiger partial charge in [0, 0.05) is 18.7 Å². The molecule has 0 N–H and O–H groups in total. The largest absolute Gasteiger partial charge is 0.304 e. The molecule has 0 saturated heterocycles. The molecule has 4 heteroatoms. The highest BCUT2D eigenvalue weighted by atomic mass is 16.1. The van der Waals surface area contributed by atoms with Crippen molar-refractivity contribution in [2.75, 3.05) is 0 Å². The number of carbonyl (C=O) groups is 1. The smallest absolute Gasteiger partial charge is 0.251 e. The zero-order valence-electron chi connectivity index (χ0n) is 8.73. The zero-order chi connectivity index (χ0) is 11.4. The maximum absolute atomic E-state index is 11.5. The highest BCUT2D eigenvalue weighted by molar-refractivity contribution is 5.81. The molecule has 1 heterocycles. The number of rotatable bonds is 3. The fraction of sp³-hybridized carbons (Fsp3) is 0.364. The first-order valence-electron chi connectivity index (χ1n) is 4.75. The van der Waals surface area contributed by atoms with Gasteiger partial charge in [0.15, 0.2) is 5.78 Å². The summed E-state index contributed by atoms with van der Waals surface area (Å²) in [6.07, 6.45) is 1.80. The van der Waals surface area contributed by atoms with Crippen molar-refractivity contribution in [3.63, 3.8) is 0 Å². The Kier molecular flexibility index (Phi) is 3.40. The predicted octanol–water partition coefficient (Wildman–Crippen LogP) is 1.26. The van der Waals surface area contributed by atoms with Crippen LogP contribution in [0.3, 0.4) is 0 Å². The third kappa shape index (κ3) is 2.32. The normalized spacial score (nSPS) is 11.8. The van der Waals surface area contributed by atoms with Crippen LogP contribution in [0.2, 0.25) is 0 Å². The molecule has 1 rings (SSSR count). The van der Waals surface area contributed by atoms with Gasteiger partial charge >= 0.3 is 0 Å². The lowest BCUT2D eigenvalue weighted by Crippen LogP contribution is -2.27. The quantitative estimate of drug-likeness (QED) is 0.744. The minimum atomic E-state index is -0.504. The molecule has 0 aliphatic heterocycles. The summed E-state index contributed by atoms with van der Waals surface area (Å²) in [4.78, 5) is 22.9. The third-order valence-corrected chi connectivity index (χ3v) is 2.30. The van der Waals surface area contributed by atoms with E-state index in [0.29, 0.717) is 12.0 Å². The summed E-state index contributed by atoms with van der Waals surface area (Å²) < 4.78 is 1.30. The Morgan fingerprint density at radius 3 is 2.80 bits per heavy atom. The van der Waals surface area contributed by atoms with Crippen molar-refractivity contribution in [2.24, 2.45) is 0 Å². The van der Waals surface area contributed by atoms with E-state index in [-0.39, 0.29) is 11.3 Å². The molecular formula is C11H12N2O2. The van der Waals surface area contributed by atoms with Crippen LogP contribution in [0.1, 0.15) is 31.9 Å². The lowest BCUT2D eigenvalue weighted by Gasteiger charge is -2.12. The van der Waals surface area contributed by atoms with Crippen molar-refractivity contribution in [2.45, 2.75) is 26.3 Å². The Balaban J connectivity index is 3.19. The molecule has 0 fully saturated rings. The van der Waals surface area contributed by atoms with Crippen LogP contribution >= 0.6 is 0 Å². The molecule has 1 atom stereocenters. The average Bonchev–Trinajstić information content (AvgIpc) is 2.27. The van der Waals surface area contributed by atoms with Crippen LogP contribution in [0.4, 0.5) is 0 Å². The van der Waals surface area contributed by atoms with Crippen molar-refractivity contribution >= 4 is 5.78 Å². The Hall–Kier alpha value is -1.89. The standard InChI is InChI=1S/C11H12N2O2/c1-3-10(14)8(2)13-7-9(6-12)4-5-11(13)15/h4-5,7-8H,3H2,1-2H3. The maximum atomic E-state index is 11.5. The fourth-order valence-electron chi connectivity index (χ4n) is 1.32. The number of nitriles is 1. The van der Waals surface area contributed by atoms with Crippen LogP contribution in [-0.2, 0) is 4.79 Å². The number of pyridine rings is 1. The summed E-state index contributed by atoms with van der Waals surface area (Å²) >= 11 is 0. The lowest BCUT2D eigenvalue weighted by atomic mass is 10.1. The third-order valence-electron chi connectivity index (χ3n) is 2.30. The summed E-state index contributed by atoms with van der Waals surface area (Å²) in [5.74, 6) is -0.0211. The van der Waals surface area contributed by atoms with Crippen LogP contribution in [0.15, 0.2) is 23.1 Å². The van der Waals surface area contributed by atoms with Gasteiger partial charge in [-0.3, -0.25) is 9.59 Å². The number of hydrogen-bond donors (Lipinski definition) is 0. The van der Waals surface area contributed by atoms with Gasteiger partial charge < -0.3 is 4.57 Å². The van der Waals surface area contributed by atoms with E-state index in [1.54, 1.807) is 13.8 Å². The Morgan fingerprint density at radius 2 is 2.27 bits per heavy atom. The van der Waals surface area contributed by atoms with Gasteiger partial charge in [0.2, 0.25) is 0 Å². The minimum Gasteiger partial charge on any atom is -0.304 e. The highest BCUT2D eigenvalue weighted by Crippen LogP contribution is 2.07. The van der Waals surface area contributed by atoms with Gasteiger partial charge in [0.05, 0.1) is 11.6 Å². The molecular weight excluding hydrogens is 192 g/mol. The second kappa shape index (κ2) is 4.56. The van der Waals surface area contributed by atoms with Crippen molar-refractivity contribution in [1.82, 2.24) is 4.57 Å². The molecule has 0 saturated carbocycles. The first-order chi connectivity index (χ1) is 7.10. The van der Waals surface area contributed by atoms with Gasteiger partial charge in [-0.2, -0.15) is 5.26 Å². The van der Waals surface area contributed by atoms with E-state index in [1.807, 2.05) is 6.07 Å². The summed E-state index contributed by atoms with van der Waals surface area (Å²) in [7, 11) is 0. The van der Waals surface area contributed by atoms with Gasteiger partial charge in [0.25, 0.3) is 5.56 Å². The van der Waals surface area contributed by atoms with Gasteiger partial charge in [-0.05, 0) is 13.0 Å². The summed E-state index contributed by atoms with van der Waals surface area (Å²) in [5, 5.41) is 8.68. The average molecular weight is 204 g/mol. The molecule has 0 spiro atoms. The Morgan fingerprint density at radius 1 is 1.60 bits per heavy atom. The van der Waals surface area contributed by atoms with Gasteiger partial charge in [0.1, 0.15) is 6.07 Å². The summed E-state index contributed by atoms with van der Waals surface area (Å²) in [6.45, 7) is 3.41. The van der Waals surface area contributed by atoms with Gasteiger partial charge in [-0.1, -0.05) is 6.92 Å². The molecule has 78 valence electrons. The number of Topliss-reactive ketones (excluding diaryl/α,β-unsaturated/α-hetero) is 1. The van der Waals surface area contributed by atoms with Crippen LogP contribution in [0.25, 0.3) is 0 Å². The monoisotopic (exact) mass is 204 g/mol. The first-order valence-corrected chi connectivity index (χ1v) is 4.75. The van der Waals surface area contributed by atoms with E-state index in [4.69, 9.17) is 5.26 Å². The summed E-state index contributed by atoms with van der Waals surface area (Å²) in [5.41, 5.74) is 0.119. The second-order valence-corrected chi connectivity index (χ2v) is 3.27. The number of hydrogen-bond acceptors (Lipinski definition) is 3. The molecule has 1 aromatic heterocycles. The molecule has 0 bridgehead atoms. The SMILES string of the molecule is CCC(=O)C(C)n1cc(C#N)ccc1=O. The van der Waals surface area contributed by atoms with E-state index < -0.39 is 6.04 Å². The summed E-state index contributed by atoms with van der Waals surface area (Å²) in [6, 6.07) is 4.18. The first kappa shape index (κ1) is 11.2. The van der Waals surface area contributed by atoms with Crippen LogP contribution < -0.4 is 5.56 Å². The highest BCUT2D eigenvalue weighted by Gasteiger charge is 2.13. The van der Waals surface area contributed by atoms with Crippen LogP contribution in [0, 0.1) is 11.3 Å². The number of nitrogens with zero attached hydrogens (tertiary/aromatic N) is 2. The Labute approximate surface area is 87.8 Å². The Bertz CT molecular complexity index is 468. The van der Waals surface area contributed by atoms with E-state index in [0.717, 1.165) is 0 Å². The molecule has 0 amide bonds. The molecule has 0 radical (unpaired) electrons. The fourth-order valence-corrected chi connectivity index (χ4v) is 1.32. The zero-order valence-corrected chi connectivity index (χ0v) is 8.73. The predicted molar refractivity (Wildman–Crippen MR) is 55.4 cm³/mol. The molecule has 0 aliphatic carbocycles. The van der Waals surface area contributed by atoms with E-state index in [2.05, 4.69) is 0 Å². The molecule has 4 nitrogen and oxygen atoms in total. The van der Waals surface area contributed by atoms with Crippen molar-refractivity contribution in [3.8, 4) is 6.07 Å². The van der Waals surface area contributed by atoms with Gasteiger partial charge in [-0.25, -0.2) is 0 Å². The lowest BCUT2D eigenvalue weighted by molar-refractivity contribution is -0.121. The maximum Gasteiger partial charge on any atom is 0.251 e. The van der Waals surface area contributed by atoms with Crippen LogP contribution in [-0.4, -0.2) is 10.4 Å². The van der Waals surface area contributed by atoms with Crippen LogP contribution in [0.5, 0.6) is 0 Å². The molecule has 15 heavy (non-hydrogen) atoms. The molecule has 1 aromatic rings. The van der Waals surface area contributed by atoms with Crippen molar-refractivity contribution in [1.29, 1.82) is 5.26 Å². The van der Waals surface area contributed by atoms with E-state index >= 15 is 0 Å². The van der Waals surface area contributed by atoms with Crippen molar-refractivity contribution in [3.05, 3.63) is 34.2 Å². The molecule has 0 aromatic carbocycles. The van der Waals surface area contributed by atoms with Crippen molar-refractivity contribution < 1.29 is 4.79 Å². The second-order valence-electron chi connectivity index (χ2n) is 3.27.